The van der Waals surface area contributed by atoms with Crippen LogP contribution in [0.3, 0.4) is 0 Å². The second kappa shape index (κ2) is 6.84. The van der Waals surface area contributed by atoms with E-state index in [0.29, 0.717) is 12.1 Å². The molecule has 0 spiro atoms. The summed E-state index contributed by atoms with van der Waals surface area (Å²) in [4.78, 5) is 23.9. The number of hydrogen-bond acceptors (Lipinski definition) is 4. The highest BCUT2D eigenvalue weighted by Gasteiger charge is 2.17. The Morgan fingerprint density at radius 2 is 2.08 bits per heavy atom. The number of hydrogen-bond donors (Lipinski definition) is 0. The molecule has 0 atom stereocenters. The van der Waals surface area contributed by atoms with Gasteiger partial charge in [-0.2, -0.15) is 0 Å². The summed E-state index contributed by atoms with van der Waals surface area (Å²) in [7, 11) is 0. The normalized spacial score (nSPS) is 10.9. The van der Waals surface area contributed by atoms with Crippen LogP contribution in [0, 0.1) is 5.82 Å². The van der Waals surface area contributed by atoms with E-state index in [-0.39, 0.29) is 29.4 Å². The number of rotatable bonds is 5. The van der Waals surface area contributed by atoms with Gasteiger partial charge in [-0.25, -0.2) is 18.7 Å². The maximum absolute atomic E-state index is 13.6. The van der Waals surface area contributed by atoms with Crippen molar-refractivity contribution in [2.75, 3.05) is 6.61 Å². The maximum atomic E-state index is 13.6. The van der Waals surface area contributed by atoms with Crippen molar-refractivity contribution < 1.29 is 13.9 Å². The van der Waals surface area contributed by atoms with E-state index in [0.717, 1.165) is 6.07 Å². The van der Waals surface area contributed by atoms with Gasteiger partial charge in [0.15, 0.2) is 5.65 Å². The van der Waals surface area contributed by atoms with E-state index in [1.54, 1.807) is 24.4 Å². The molecule has 0 aliphatic heterocycles. The van der Waals surface area contributed by atoms with Crippen LogP contribution in [-0.2, 0) is 11.3 Å². The zero-order valence-electron chi connectivity index (χ0n) is 12.5. The summed E-state index contributed by atoms with van der Waals surface area (Å²) in [6, 6.07) is 9.20. The summed E-state index contributed by atoms with van der Waals surface area (Å²) in [5.41, 5.74) is -0.0178. The number of carbonyl (C=O) groups excluding carboxylic acids is 1. The molecule has 1 aromatic carbocycles. The Morgan fingerprint density at radius 1 is 1.25 bits per heavy atom. The Balaban J connectivity index is 1.60. The first-order valence-electron chi connectivity index (χ1n) is 7.23. The number of fused-ring (bicyclic) bond motifs is 1. The highest BCUT2D eigenvalue weighted by molar-refractivity contribution is 6.33. The molecule has 0 amide bonds. The van der Waals surface area contributed by atoms with E-state index in [1.807, 2.05) is 0 Å². The minimum Gasteiger partial charge on any atom is -0.462 e. The molecule has 0 aliphatic carbocycles. The summed E-state index contributed by atoms with van der Waals surface area (Å²) in [5, 5.41) is 4.16. The lowest BCUT2D eigenvalue weighted by Crippen LogP contribution is -2.22. The Bertz CT molecular complexity index is 931. The number of halogens is 2. The highest BCUT2D eigenvalue weighted by Crippen LogP contribution is 2.19. The van der Waals surface area contributed by atoms with E-state index >= 15 is 0 Å². The minimum absolute atomic E-state index is 0.00318. The van der Waals surface area contributed by atoms with E-state index in [4.69, 9.17) is 16.3 Å². The molecule has 0 N–H and O–H groups in total. The van der Waals surface area contributed by atoms with Gasteiger partial charge in [0, 0.05) is 19.2 Å². The fraction of sp³-hybridized carbons (Fsp3) is 0.188. The van der Waals surface area contributed by atoms with Gasteiger partial charge in [0.1, 0.15) is 11.4 Å². The van der Waals surface area contributed by atoms with Gasteiger partial charge in [0.25, 0.3) is 0 Å². The third-order valence-electron chi connectivity index (χ3n) is 3.40. The molecular weight excluding hydrogens is 337 g/mol. The quantitative estimate of drug-likeness (QED) is 0.524. The fourth-order valence-electron chi connectivity index (χ4n) is 2.26. The van der Waals surface area contributed by atoms with Crippen LogP contribution in [0.5, 0.6) is 0 Å². The number of esters is 1. The molecule has 2 aromatic heterocycles. The zero-order valence-corrected chi connectivity index (χ0v) is 13.2. The molecule has 8 heteroatoms. The van der Waals surface area contributed by atoms with Crippen LogP contribution in [0.15, 0.2) is 47.4 Å². The Labute approximate surface area is 141 Å². The number of ether oxygens (including phenoxy) is 1. The first-order chi connectivity index (χ1) is 11.6. The lowest BCUT2D eigenvalue weighted by Gasteiger charge is -2.06. The SMILES string of the molecule is O=C(OCCCn1nc2ccccn2c1=O)c1c(F)cccc1Cl. The molecule has 0 unspecified atom stereocenters. The van der Waals surface area contributed by atoms with Gasteiger partial charge >= 0.3 is 11.7 Å². The Morgan fingerprint density at radius 3 is 2.83 bits per heavy atom. The van der Waals surface area contributed by atoms with Gasteiger partial charge in [-0.3, -0.25) is 4.40 Å². The summed E-state index contributed by atoms with van der Waals surface area (Å²) in [6.07, 6.45) is 1.99. The predicted octanol–water partition coefficient (Wildman–Crippen LogP) is 2.54. The Hall–Kier alpha value is -2.67. The molecule has 0 fully saturated rings. The summed E-state index contributed by atoms with van der Waals surface area (Å²) >= 11 is 5.80. The van der Waals surface area contributed by atoms with E-state index in [2.05, 4.69) is 5.10 Å². The molecule has 3 aromatic rings. The second-order valence-electron chi connectivity index (χ2n) is 5.02. The first-order valence-corrected chi connectivity index (χ1v) is 7.61. The lowest BCUT2D eigenvalue weighted by molar-refractivity contribution is 0.0489. The minimum atomic E-state index is -0.833. The number of benzene rings is 1. The summed E-state index contributed by atoms with van der Waals surface area (Å²) in [5.74, 6) is -1.57. The molecule has 0 saturated carbocycles. The van der Waals surface area contributed by atoms with Gasteiger partial charge in [-0.05, 0) is 24.3 Å². The van der Waals surface area contributed by atoms with Crippen LogP contribution in [-0.4, -0.2) is 26.8 Å². The van der Waals surface area contributed by atoms with Crippen LogP contribution in [0.25, 0.3) is 5.65 Å². The van der Waals surface area contributed by atoms with E-state index < -0.39 is 11.8 Å². The number of nitrogens with zero attached hydrogens (tertiary/aromatic N) is 3. The monoisotopic (exact) mass is 349 g/mol. The number of aromatic nitrogens is 3. The molecule has 0 aliphatic rings. The summed E-state index contributed by atoms with van der Waals surface area (Å²) < 4.78 is 21.3. The predicted molar refractivity (Wildman–Crippen MR) is 85.8 cm³/mol. The molecule has 3 rings (SSSR count). The second-order valence-corrected chi connectivity index (χ2v) is 5.43. The van der Waals surface area contributed by atoms with Crippen molar-refractivity contribution >= 4 is 23.2 Å². The topological polar surface area (TPSA) is 65.6 Å². The van der Waals surface area contributed by atoms with Crippen molar-refractivity contribution in [3.8, 4) is 0 Å². The first kappa shape index (κ1) is 16.2. The van der Waals surface area contributed by atoms with Crippen molar-refractivity contribution in [2.45, 2.75) is 13.0 Å². The van der Waals surface area contributed by atoms with Crippen molar-refractivity contribution in [3.05, 3.63) is 69.5 Å². The van der Waals surface area contributed by atoms with Gasteiger partial charge in [-0.15, -0.1) is 5.10 Å². The molecule has 24 heavy (non-hydrogen) atoms. The van der Waals surface area contributed by atoms with E-state index in [9.17, 15) is 14.0 Å². The molecule has 0 radical (unpaired) electrons. The third kappa shape index (κ3) is 3.16. The van der Waals surface area contributed by atoms with Gasteiger partial charge in [-0.1, -0.05) is 23.7 Å². The van der Waals surface area contributed by atoms with Crippen LogP contribution in [0.1, 0.15) is 16.8 Å². The van der Waals surface area contributed by atoms with Crippen molar-refractivity contribution in [1.29, 1.82) is 0 Å². The average Bonchev–Trinajstić information content (AvgIpc) is 2.88. The lowest BCUT2D eigenvalue weighted by atomic mass is 10.2. The molecule has 0 saturated heterocycles. The van der Waals surface area contributed by atoms with Crippen LogP contribution >= 0.6 is 11.6 Å². The van der Waals surface area contributed by atoms with Crippen molar-refractivity contribution in [1.82, 2.24) is 14.2 Å². The van der Waals surface area contributed by atoms with E-state index in [1.165, 1.54) is 21.2 Å². The summed E-state index contributed by atoms with van der Waals surface area (Å²) in [6.45, 7) is 0.294. The maximum Gasteiger partial charge on any atom is 0.350 e. The number of aryl methyl sites for hydroxylation is 1. The molecule has 2 heterocycles. The Kier molecular flexibility index (Phi) is 4.61. The molecule has 124 valence electrons. The average molecular weight is 350 g/mol. The van der Waals surface area contributed by atoms with Crippen molar-refractivity contribution in [2.24, 2.45) is 0 Å². The zero-order chi connectivity index (χ0) is 17.1. The van der Waals surface area contributed by atoms with Crippen LogP contribution < -0.4 is 5.69 Å². The largest absolute Gasteiger partial charge is 0.462 e. The van der Waals surface area contributed by atoms with Crippen LogP contribution in [0.4, 0.5) is 4.39 Å². The molecule has 6 nitrogen and oxygen atoms in total. The fourth-order valence-corrected chi connectivity index (χ4v) is 2.50. The number of pyridine rings is 1. The smallest absolute Gasteiger partial charge is 0.350 e. The van der Waals surface area contributed by atoms with Crippen LogP contribution in [0.2, 0.25) is 5.02 Å². The van der Waals surface area contributed by atoms with Gasteiger partial charge in [0.2, 0.25) is 0 Å². The van der Waals surface area contributed by atoms with Gasteiger partial charge < -0.3 is 4.74 Å². The third-order valence-corrected chi connectivity index (χ3v) is 3.72. The molecular formula is C16H13ClFN3O3. The van der Waals surface area contributed by atoms with Crippen molar-refractivity contribution in [3.63, 3.8) is 0 Å². The highest BCUT2D eigenvalue weighted by atomic mass is 35.5. The molecule has 0 bridgehead atoms. The number of carbonyl (C=O) groups is 1. The standard InChI is InChI=1S/C16H13ClFN3O3/c17-11-5-3-6-12(18)14(11)15(22)24-10-4-9-21-16(23)20-8-2-1-7-13(20)19-21/h1-3,5-8H,4,9-10H2. The van der Waals surface area contributed by atoms with Gasteiger partial charge in [0.05, 0.1) is 11.6 Å².